The zero-order chi connectivity index (χ0) is 23.1. The highest BCUT2D eigenvalue weighted by atomic mass is 32.2. The summed E-state index contributed by atoms with van der Waals surface area (Å²) in [7, 11) is -3.56. The molecule has 1 aliphatic heterocycles. The van der Waals surface area contributed by atoms with Gasteiger partial charge in [0.05, 0.1) is 34.6 Å². The number of nitrogens with zero attached hydrogens (tertiary/aromatic N) is 3. The average Bonchev–Trinajstić information content (AvgIpc) is 3.32. The minimum absolute atomic E-state index is 0.0916. The van der Waals surface area contributed by atoms with Gasteiger partial charge in [0.2, 0.25) is 16.0 Å². The molecule has 1 saturated heterocycles. The van der Waals surface area contributed by atoms with Crippen LogP contribution in [0.3, 0.4) is 0 Å². The largest absolute Gasteiger partial charge is 0.394 e. The topological polar surface area (TPSA) is 143 Å². The van der Waals surface area contributed by atoms with Crippen LogP contribution in [0.4, 0.5) is 23.1 Å². The van der Waals surface area contributed by atoms with Crippen molar-refractivity contribution in [2.75, 3.05) is 28.1 Å². The van der Waals surface area contributed by atoms with Crippen molar-refractivity contribution >= 4 is 44.2 Å². The summed E-state index contributed by atoms with van der Waals surface area (Å²) in [5.74, 6) is 0.919. The molecule has 32 heavy (non-hydrogen) atoms. The maximum Gasteiger partial charge on any atom is 0.237 e. The van der Waals surface area contributed by atoms with E-state index in [1.165, 1.54) is 0 Å². The Kier molecular flexibility index (Phi) is 5.74. The first-order valence-electron chi connectivity index (χ1n) is 10.4. The Hall–Kier alpha value is -2.89. The van der Waals surface area contributed by atoms with E-state index >= 15 is 0 Å². The third-order valence-electron chi connectivity index (χ3n) is 5.45. The van der Waals surface area contributed by atoms with Gasteiger partial charge in [0.15, 0.2) is 0 Å². The summed E-state index contributed by atoms with van der Waals surface area (Å²) in [6.07, 6.45) is 1.68. The first kappa shape index (κ1) is 22.3. The van der Waals surface area contributed by atoms with Gasteiger partial charge in [-0.2, -0.15) is 9.97 Å². The van der Waals surface area contributed by atoms with Crippen molar-refractivity contribution < 1.29 is 18.6 Å². The molecular weight excluding hydrogens is 432 g/mol. The molecule has 2 unspecified atom stereocenters. The molecule has 4 rings (SSSR count). The first-order valence-corrected chi connectivity index (χ1v) is 11.9. The van der Waals surface area contributed by atoms with Gasteiger partial charge in [-0.3, -0.25) is 4.72 Å². The van der Waals surface area contributed by atoms with Crippen molar-refractivity contribution in [1.29, 1.82) is 0 Å². The number of nitrogens with one attached hydrogen (secondary N) is 3. The minimum atomic E-state index is -3.56. The van der Waals surface area contributed by atoms with Crippen molar-refractivity contribution in [3.63, 3.8) is 0 Å². The molecule has 10 nitrogen and oxygen atoms in total. The van der Waals surface area contributed by atoms with Gasteiger partial charge in [-0.25, -0.2) is 8.42 Å². The standard InChI is InChI=1S/C21H28N6O4S/c1-21(2,3)32(30,31)26-14-6-4-5-13(9-14)23-20-24-18-17(7-8-22-18)19(25-20)27-11-16(29)10-15(27)12-28/h4-9,15-16,26,28-29H,10-12H2,1-3H3,(H2,22,23,24,25). The van der Waals surface area contributed by atoms with Crippen LogP contribution in [0.1, 0.15) is 27.2 Å². The van der Waals surface area contributed by atoms with Gasteiger partial charge in [-0.1, -0.05) is 6.07 Å². The van der Waals surface area contributed by atoms with E-state index in [1.807, 2.05) is 11.0 Å². The lowest BCUT2D eigenvalue weighted by Gasteiger charge is -2.25. The zero-order valence-corrected chi connectivity index (χ0v) is 19.0. The van der Waals surface area contributed by atoms with Crippen LogP contribution in [0, 0.1) is 0 Å². The van der Waals surface area contributed by atoms with Crippen LogP contribution in [-0.4, -0.2) is 63.6 Å². The number of aliphatic hydroxyl groups is 2. The van der Waals surface area contributed by atoms with Gasteiger partial charge in [0.25, 0.3) is 0 Å². The fraction of sp³-hybridized carbons (Fsp3) is 0.429. The number of rotatable bonds is 6. The maximum atomic E-state index is 12.5. The molecule has 0 amide bonds. The van der Waals surface area contributed by atoms with E-state index in [-0.39, 0.29) is 12.6 Å². The van der Waals surface area contributed by atoms with Crippen molar-refractivity contribution in [1.82, 2.24) is 15.0 Å². The highest BCUT2D eigenvalue weighted by molar-refractivity contribution is 7.94. The van der Waals surface area contributed by atoms with E-state index in [1.54, 1.807) is 51.2 Å². The summed E-state index contributed by atoms with van der Waals surface area (Å²) >= 11 is 0. The summed E-state index contributed by atoms with van der Waals surface area (Å²) in [5, 5.41) is 23.8. The summed E-state index contributed by atoms with van der Waals surface area (Å²) in [5.41, 5.74) is 1.64. The lowest BCUT2D eigenvalue weighted by molar-refractivity contribution is 0.184. The van der Waals surface area contributed by atoms with Crippen molar-refractivity contribution in [3.05, 3.63) is 36.5 Å². The predicted octanol–water partition coefficient (Wildman–Crippen LogP) is 2.17. The van der Waals surface area contributed by atoms with Crippen LogP contribution in [0.2, 0.25) is 0 Å². The molecule has 1 fully saturated rings. The highest BCUT2D eigenvalue weighted by Crippen LogP contribution is 2.32. The molecule has 3 aromatic rings. The number of fused-ring (bicyclic) bond motifs is 1. The molecule has 0 radical (unpaired) electrons. The van der Waals surface area contributed by atoms with Crippen LogP contribution < -0.4 is 14.9 Å². The Balaban J connectivity index is 1.65. The van der Waals surface area contributed by atoms with Crippen LogP contribution in [0.15, 0.2) is 36.5 Å². The molecule has 5 N–H and O–H groups in total. The number of aromatic nitrogens is 3. The normalized spacial score (nSPS) is 19.5. The van der Waals surface area contributed by atoms with E-state index in [2.05, 4.69) is 25.0 Å². The molecule has 0 spiro atoms. The minimum Gasteiger partial charge on any atom is -0.394 e. The number of benzene rings is 1. The molecule has 11 heteroatoms. The fourth-order valence-electron chi connectivity index (χ4n) is 3.62. The zero-order valence-electron chi connectivity index (χ0n) is 18.2. The monoisotopic (exact) mass is 460 g/mol. The Morgan fingerprint density at radius 1 is 1.22 bits per heavy atom. The average molecular weight is 461 g/mol. The molecule has 0 saturated carbocycles. The first-order chi connectivity index (χ1) is 15.1. The second-order valence-corrected chi connectivity index (χ2v) is 11.3. The Morgan fingerprint density at radius 3 is 2.69 bits per heavy atom. The maximum absolute atomic E-state index is 12.5. The summed E-state index contributed by atoms with van der Waals surface area (Å²) in [4.78, 5) is 14.1. The van der Waals surface area contributed by atoms with Crippen LogP contribution >= 0.6 is 0 Å². The Morgan fingerprint density at radius 2 is 1.97 bits per heavy atom. The van der Waals surface area contributed by atoms with Gasteiger partial charge < -0.3 is 25.4 Å². The lowest BCUT2D eigenvalue weighted by atomic mass is 10.2. The molecule has 172 valence electrons. The van der Waals surface area contributed by atoms with Crippen LogP contribution in [0.5, 0.6) is 0 Å². The second-order valence-electron chi connectivity index (χ2n) is 8.91. The molecule has 3 heterocycles. The molecular formula is C21H28N6O4S. The summed E-state index contributed by atoms with van der Waals surface area (Å²) < 4.78 is 26.6. The third kappa shape index (κ3) is 4.36. The number of aliphatic hydroxyl groups excluding tert-OH is 2. The molecule has 0 aliphatic carbocycles. The van der Waals surface area contributed by atoms with E-state index in [9.17, 15) is 18.6 Å². The third-order valence-corrected chi connectivity index (χ3v) is 7.56. The molecule has 2 atom stereocenters. The van der Waals surface area contributed by atoms with Gasteiger partial charge >= 0.3 is 0 Å². The highest BCUT2D eigenvalue weighted by Gasteiger charge is 2.33. The van der Waals surface area contributed by atoms with E-state index < -0.39 is 20.9 Å². The number of aromatic amines is 1. The van der Waals surface area contributed by atoms with E-state index in [0.717, 1.165) is 5.39 Å². The number of hydrogen-bond donors (Lipinski definition) is 5. The predicted molar refractivity (Wildman–Crippen MR) is 125 cm³/mol. The van der Waals surface area contributed by atoms with Crippen molar-refractivity contribution in [2.45, 2.75) is 44.1 Å². The Bertz CT molecular complexity index is 1220. The van der Waals surface area contributed by atoms with Crippen molar-refractivity contribution in [2.24, 2.45) is 0 Å². The van der Waals surface area contributed by atoms with E-state index in [4.69, 9.17) is 0 Å². The number of H-pyrrole nitrogens is 1. The second kappa shape index (κ2) is 8.23. The summed E-state index contributed by atoms with van der Waals surface area (Å²) in [6.45, 7) is 5.17. The number of sulfonamides is 1. The Labute approximate surface area is 186 Å². The van der Waals surface area contributed by atoms with Crippen LogP contribution in [0.25, 0.3) is 11.0 Å². The number of hydrogen-bond acceptors (Lipinski definition) is 8. The molecule has 1 aromatic carbocycles. The van der Waals surface area contributed by atoms with Crippen molar-refractivity contribution in [3.8, 4) is 0 Å². The molecule has 2 aromatic heterocycles. The molecule has 0 bridgehead atoms. The molecule has 1 aliphatic rings. The SMILES string of the molecule is CC(C)(C)S(=O)(=O)Nc1cccc(Nc2nc(N3CC(O)CC3CO)c3cc[nH]c3n2)c1. The smallest absolute Gasteiger partial charge is 0.237 e. The quantitative estimate of drug-likeness (QED) is 0.377. The summed E-state index contributed by atoms with van der Waals surface area (Å²) in [6, 6.07) is 8.48. The van der Waals surface area contributed by atoms with Gasteiger partial charge in [-0.15, -0.1) is 0 Å². The van der Waals surface area contributed by atoms with Gasteiger partial charge in [-0.05, 0) is 51.5 Å². The fourth-order valence-corrected chi connectivity index (χ4v) is 4.37. The van der Waals surface area contributed by atoms with Gasteiger partial charge in [0, 0.05) is 18.4 Å². The lowest BCUT2D eigenvalue weighted by Crippen LogP contribution is -2.33. The van der Waals surface area contributed by atoms with E-state index in [0.29, 0.717) is 41.8 Å². The number of anilines is 4. The number of β-amino-alcohol motifs (C(OH)–C–C–N with tert-alkyl or cyclic N) is 1. The van der Waals surface area contributed by atoms with Gasteiger partial charge in [0.1, 0.15) is 11.5 Å². The van der Waals surface area contributed by atoms with Crippen LogP contribution in [-0.2, 0) is 10.0 Å².